The molecular weight excluding hydrogens is 222 g/mol. The summed E-state index contributed by atoms with van der Waals surface area (Å²) in [5.74, 6) is 0. The molecule has 0 aliphatic heterocycles. The van der Waals surface area contributed by atoms with Crippen molar-refractivity contribution in [2.45, 2.75) is 40.2 Å². The van der Waals surface area contributed by atoms with Gasteiger partial charge in [-0.05, 0) is 44.5 Å². The standard InChI is InChI=1S/C15H27N3/c1-5-9-15(3,11-16)12-18(4)10-14-8-6-7-13(2)17-14/h6-8H,5,9-12,16H2,1-4H3. The molecule has 1 unspecified atom stereocenters. The molecule has 3 nitrogen and oxygen atoms in total. The summed E-state index contributed by atoms with van der Waals surface area (Å²) in [7, 11) is 2.15. The number of aryl methyl sites for hydroxylation is 1. The Hall–Kier alpha value is -0.930. The average molecular weight is 249 g/mol. The number of aromatic nitrogens is 1. The van der Waals surface area contributed by atoms with Crippen molar-refractivity contribution in [3.05, 3.63) is 29.6 Å². The minimum absolute atomic E-state index is 0.216. The van der Waals surface area contributed by atoms with Gasteiger partial charge in [-0.2, -0.15) is 0 Å². The van der Waals surface area contributed by atoms with Crippen LogP contribution < -0.4 is 5.73 Å². The lowest BCUT2D eigenvalue weighted by molar-refractivity contribution is 0.178. The Bertz CT molecular complexity index is 365. The zero-order valence-electron chi connectivity index (χ0n) is 12.2. The lowest BCUT2D eigenvalue weighted by atomic mass is 9.85. The predicted molar refractivity (Wildman–Crippen MR) is 77.4 cm³/mol. The van der Waals surface area contributed by atoms with Gasteiger partial charge in [0.2, 0.25) is 0 Å². The van der Waals surface area contributed by atoms with E-state index in [9.17, 15) is 0 Å². The lowest BCUT2D eigenvalue weighted by Gasteiger charge is -2.32. The van der Waals surface area contributed by atoms with Crippen molar-refractivity contribution in [3.8, 4) is 0 Å². The second-order valence-electron chi connectivity index (χ2n) is 5.71. The molecule has 1 aromatic heterocycles. The van der Waals surface area contributed by atoms with Gasteiger partial charge in [-0.1, -0.05) is 26.3 Å². The summed E-state index contributed by atoms with van der Waals surface area (Å²) in [5, 5.41) is 0. The molecule has 0 amide bonds. The molecule has 0 bridgehead atoms. The average Bonchev–Trinajstić information content (AvgIpc) is 2.29. The molecule has 0 aliphatic rings. The van der Waals surface area contributed by atoms with E-state index in [1.165, 1.54) is 12.8 Å². The van der Waals surface area contributed by atoms with Crippen LogP contribution >= 0.6 is 0 Å². The molecule has 3 heteroatoms. The largest absolute Gasteiger partial charge is 0.330 e. The Morgan fingerprint density at radius 3 is 2.67 bits per heavy atom. The first-order chi connectivity index (χ1) is 8.49. The highest BCUT2D eigenvalue weighted by atomic mass is 15.1. The minimum atomic E-state index is 0.216. The highest BCUT2D eigenvalue weighted by Crippen LogP contribution is 2.23. The smallest absolute Gasteiger partial charge is 0.0547 e. The number of hydrogen-bond donors (Lipinski definition) is 1. The third-order valence-corrected chi connectivity index (χ3v) is 3.38. The molecule has 0 aromatic carbocycles. The summed E-state index contributed by atoms with van der Waals surface area (Å²) in [5.41, 5.74) is 8.34. The van der Waals surface area contributed by atoms with Gasteiger partial charge < -0.3 is 5.73 Å². The Kier molecular flexibility index (Phi) is 5.76. The molecule has 1 aromatic rings. The fourth-order valence-corrected chi connectivity index (χ4v) is 2.52. The van der Waals surface area contributed by atoms with E-state index >= 15 is 0 Å². The normalized spacial score (nSPS) is 14.8. The zero-order chi connectivity index (χ0) is 13.6. The lowest BCUT2D eigenvalue weighted by Crippen LogP contribution is -2.38. The molecule has 0 fully saturated rings. The first-order valence-corrected chi connectivity index (χ1v) is 6.80. The van der Waals surface area contributed by atoms with Crippen molar-refractivity contribution in [2.24, 2.45) is 11.1 Å². The molecule has 18 heavy (non-hydrogen) atoms. The number of nitrogens with two attached hydrogens (primary N) is 1. The molecular formula is C15H27N3. The van der Waals surface area contributed by atoms with Gasteiger partial charge in [0.1, 0.15) is 0 Å². The highest BCUT2D eigenvalue weighted by Gasteiger charge is 2.23. The van der Waals surface area contributed by atoms with Crippen LogP contribution in [0.15, 0.2) is 18.2 Å². The van der Waals surface area contributed by atoms with Gasteiger partial charge >= 0.3 is 0 Å². The van der Waals surface area contributed by atoms with E-state index in [-0.39, 0.29) is 5.41 Å². The maximum absolute atomic E-state index is 5.92. The number of pyridine rings is 1. The second-order valence-corrected chi connectivity index (χ2v) is 5.71. The first kappa shape index (κ1) is 15.1. The van der Waals surface area contributed by atoms with E-state index in [2.05, 4.69) is 42.9 Å². The van der Waals surface area contributed by atoms with Crippen LogP contribution in [0.5, 0.6) is 0 Å². The monoisotopic (exact) mass is 249 g/mol. The predicted octanol–water partition coefficient (Wildman–Crippen LogP) is 2.59. The molecule has 0 saturated carbocycles. The van der Waals surface area contributed by atoms with Crippen LogP contribution in [-0.4, -0.2) is 30.0 Å². The van der Waals surface area contributed by atoms with E-state index in [0.29, 0.717) is 0 Å². The highest BCUT2D eigenvalue weighted by molar-refractivity contribution is 5.09. The van der Waals surface area contributed by atoms with E-state index in [1.807, 2.05) is 13.0 Å². The van der Waals surface area contributed by atoms with Crippen molar-refractivity contribution in [2.75, 3.05) is 20.1 Å². The van der Waals surface area contributed by atoms with Gasteiger partial charge in [-0.15, -0.1) is 0 Å². The van der Waals surface area contributed by atoms with Crippen molar-refractivity contribution in [3.63, 3.8) is 0 Å². The first-order valence-electron chi connectivity index (χ1n) is 6.80. The van der Waals surface area contributed by atoms with E-state index in [1.54, 1.807) is 0 Å². The van der Waals surface area contributed by atoms with E-state index in [4.69, 9.17) is 5.73 Å². The molecule has 2 N–H and O–H groups in total. The van der Waals surface area contributed by atoms with Crippen molar-refractivity contribution in [1.82, 2.24) is 9.88 Å². The molecule has 0 spiro atoms. The third kappa shape index (κ3) is 4.75. The fraction of sp³-hybridized carbons (Fsp3) is 0.667. The summed E-state index contributed by atoms with van der Waals surface area (Å²) < 4.78 is 0. The summed E-state index contributed by atoms with van der Waals surface area (Å²) in [6.07, 6.45) is 2.36. The summed E-state index contributed by atoms with van der Waals surface area (Å²) in [6, 6.07) is 6.19. The third-order valence-electron chi connectivity index (χ3n) is 3.38. The van der Waals surface area contributed by atoms with Gasteiger partial charge in [0.25, 0.3) is 0 Å². The summed E-state index contributed by atoms with van der Waals surface area (Å²) in [6.45, 7) is 9.18. The Morgan fingerprint density at radius 1 is 1.39 bits per heavy atom. The Morgan fingerprint density at radius 2 is 2.11 bits per heavy atom. The minimum Gasteiger partial charge on any atom is -0.330 e. The maximum atomic E-state index is 5.92. The van der Waals surface area contributed by atoms with Gasteiger partial charge in [-0.3, -0.25) is 9.88 Å². The second kappa shape index (κ2) is 6.86. The van der Waals surface area contributed by atoms with E-state index in [0.717, 1.165) is 31.0 Å². The SMILES string of the molecule is CCCC(C)(CN)CN(C)Cc1cccc(C)n1. The molecule has 102 valence electrons. The topological polar surface area (TPSA) is 42.1 Å². The molecule has 1 atom stereocenters. The Balaban J connectivity index is 2.57. The van der Waals surface area contributed by atoms with Crippen LogP contribution in [0.1, 0.15) is 38.1 Å². The quantitative estimate of drug-likeness (QED) is 0.807. The maximum Gasteiger partial charge on any atom is 0.0547 e. The van der Waals surface area contributed by atoms with Crippen LogP contribution in [0.3, 0.4) is 0 Å². The summed E-state index contributed by atoms with van der Waals surface area (Å²) >= 11 is 0. The molecule has 1 rings (SSSR count). The van der Waals surface area contributed by atoms with Crippen molar-refractivity contribution in [1.29, 1.82) is 0 Å². The fourth-order valence-electron chi connectivity index (χ4n) is 2.52. The van der Waals surface area contributed by atoms with Crippen LogP contribution in [0.25, 0.3) is 0 Å². The molecule has 1 heterocycles. The number of hydrogen-bond acceptors (Lipinski definition) is 3. The van der Waals surface area contributed by atoms with Gasteiger partial charge in [0, 0.05) is 18.8 Å². The zero-order valence-corrected chi connectivity index (χ0v) is 12.2. The van der Waals surface area contributed by atoms with E-state index < -0.39 is 0 Å². The molecule has 0 radical (unpaired) electrons. The van der Waals surface area contributed by atoms with Crippen molar-refractivity contribution < 1.29 is 0 Å². The van der Waals surface area contributed by atoms with Crippen LogP contribution in [0, 0.1) is 12.3 Å². The number of nitrogens with zero attached hydrogens (tertiary/aromatic N) is 2. The van der Waals surface area contributed by atoms with Gasteiger partial charge in [-0.25, -0.2) is 0 Å². The Labute approximate surface area is 111 Å². The number of rotatable bonds is 7. The summed E-state index contributed by atoms with van der Waals surface area (Å²) in [4.78, 5) is 6.87. The van der Waals surface area contributed by atoms with Gasteiger partial charge in [0.15, 0.2) is 0 Å². The van der Waals surface area contributed by atoms with Gasteiger partial charge in [0.05, 0.1) is 5.69 Å². The van der Waals surface area contributed by atoms with Crippen molar-refractivity contribution >= 4 is 0 Å². The molecule has 0 saturated heterocycles. The van der Waals surface area contributed by atoms with Crippen LogP contribution in [0.2, 0.25) is 0 Å². The molecule has 0 aliphatic carbocycles. The van der Waals surface area contributed by atoms with Crippen LogP contribution in [0.4, 0.5) is 0 Å². The van der Waals surface area contributed by atoms with Crippen LogP contribution in [-0.2, 0) is 6.54 Å².